The molecule has 0 aromatic carbocycles. The van der Waals surface area contributed by atoms with Crippen LogP contribution in [-0.4, -0.2) is 78.3 Å². The third-order valence-electron chi connectivity index (χ3n) is 12.5. The zero-order chi connectivity index (χ0) is 29.3. The van der Waals surface area contributed by atoms with Crippen molar-refractivity contribution in [3.8, 4) is 0 Å². The predicted octanol–water partition coefficient (Wildman–Crippen LogP) is 3.68. The number of aliphatic hydroxyl groups excluding tert-OH is 1. The van der Waals surface area contributed by atoms with E-state index in [9.17, 15) is 19.8 Å². The second-order valence-electron chi connectivity index (χ2n) is 14.3. The number of esters is 2. The molecule has 41 heavy (non-hydrogen) atoms. The van der Waals surface area contributed by atoms with Crippen molar-refractivity contribution in [2.75, 3.05) is 13.7 Å². The average Bonchev–Trinajstić information content (AvgIpc) is 3.42. The van der Waals surface area contributed by atoms with E-state index in [1.165, 1.54) is 6.92 Å². The molecule has 13 atom stereocenters. The molecule has 0 unspecified atom stereocenters. The lowest BCUT2D eigenvalue weighted by atomic mass is 9.43. The van der Waals surface area contributed by atoms with Crippen LogP contribution in [0.3, 0.4) is 0 Å². The lowest BCUT2D eigenvalue weighted by Gasteiger charge is -2.63. The van der Waals surface area contributed by atoms with E-state index in [1.807, 2.05) is 6.92 Å². The number of carbonyl (C=O) groups excluding carboxylic acids is 2. The molecule has 6 aliphatic rings. The Hall–Kier alpha value is -1.52. The highest BCUT2D eigenvalue weighted by Crippen LogP contribution is 2.70. The molecule has 2 aliphatic heterocycles. The largest absolute Gasteiger partial charge is 0.462 e. The maximum absolute atomic E-state index is 12.7. The quantitative estimate of drug-likeness (QED) is 0.373. The van der Waals surface area contributed by atoms with E-state index in [1.54, 1.807) is 13.2 Å². The molecular formula is C32H48O9. The van der Waals surface area contributed by atoms with E-state index in [0.29, 0.717) is 24.7 Å². The van der Waals surface area contributed by atoms with Crippen LogP contribution in [0.25, 0.3) is 0 Å². The van der Waals surface area contributed by atoms with Crippen LogP contribution in [0, 0.1) is 34.5 Å². The van der Waals surface area contributed by atoms with E-state index < -0.39 is 23.2 Å². The first-order chi connectivity index (χ1) is 19.4. The molecule has 0 aromatic rings. The lowest BCUT2D eigenvalue weighted by Crippen LogP contribution is -2.62. The fraction of sp³-hybridized carbons (Fsp3) is 0.875. The monoisotopic (exact) mass is 576 g/mol. The highest BCUT2D eigenvalue weighted by atomic mass is 16.7. The lowest BCUT2D eigenvalue weighted by molar-refractivity contribution is -0.273. The SMILES string of the molecule is CO[C@H]1C[C@H](O[C@H]2CC[C@@]3(C)[C@H](CC[C@@H]4[C@@H]3CC[C@]3(C)[C@@H](C5=CC(=O)OC5)[C@H](OC(C)=O)C[C@]43O)C2)O[C@H](C)[C@H]1O. The summed E-state index contributed by atoms with van der Waals surface area (Å²) < 4.78 is 29.1. The molecule has 0 spiro atoms. The molecular weight excluding hydrogens is 528 g/mol. The number of hydrogen-bond donors (Lipinski definition) is 2. The first-order valence-electron chi connectivity index (χ1n) is 15.7. The Kier molecular flexibility index (Phi) is 7.62. The van der Waals surface area contributed by atoms with Gasteiger partial charge in [0.1, 0.15) is 18.8 Å². The van der Waals surface area contributed by atoms with Crippen LogP contribution in [0.4, 0.5) is 0 Å². The summed E-state index contributed by atoms with van der Waals surface area (Å²) in [6, 6.07) is 0. The Bertz CT molecular complexity index is 1080. The molecule has 0 amide bonds. The Morgan fingerprint density at radius 1 is 1.07 bits per heavy atom. The van der Waals surface area contributed by atoms with Crippen molar-refractivity contribution in [3.05, 3.63) is 11.6 Å². The molecule has 2 heterocycles. The fourth-order valence-electron chi connectivity index (χ4n) is 10.4. The Morgan fingerprint density at radius 2 is 1.85 bits per heavy atom. The normalized spacial score (nSPS) is 51.2. The minimum absolute atomic E-state index is 0.0898. The number of fused-ring (bicyclic) bond motifs is 5. The molecule has 0 aromatic heterocycles. The molecule has 5 fully saturated rings. The van der Waals surface area contributed by atoms with Gasteiger partial charge in [0.2, 0.25) is 0 Å². The Morgan fingerprint density at radius 3 is 2.54 bits per heavy atom. The number of carbonyl (C=O) groups is 2. The van der Waals surface area contributed by atoms with Crippen molar-refractivity contribution in [2.24, 2.45) is 34.5 Å². The van der Waals surface area contributed by atoms with Gasteiger partial charge in [-0.1, -0.05) is 13.8 Å². The van der Waals surface area contributed by atoms with E-state index in [2.05, 4.69) is 13.8 Å². The second kappa shape index (κ2) is 10.6. The van der Waals surface area contributed by atoms with Gasteiger partial charge in [0.15, 0.2) is 6.29 Å². The zero-order valence-electron chi connectivity index (χ0n) is 25.2. The summed E-state index contributed by atoms with van der Waals surface area (Å²) in [5.41, 5.74) is -0.559. The van der Waals surface area contributed by atoms with Gasteiger partial charge in [0.05, 0.1) is 23.9 Å². The summed E-state index contributed by atoms with van der Waals surface area (Å²) in [4.78, 5) is 24.2. The zero-order valence-corrected chi connectivity index (χ0v) is 25.2. The molecule has 2 N–H and O–H groups in total. The number of hydrogen-bond acceptors (Lipinski definition) is 9. The standard InChI is InChI=1S/C32H48O9/c1-17-29(35)24(37-5)14-27(39-17)41-21-8-10-30(3)20(13-21)6-7-23-22(30)9-11-31(4)28(19-12-26(34)38-16-19)25(40-18(2)33)15-32(23,31)36/h12,17,20-25,27-29,35-36H,6-11,13-16H2,1-5H3/t17-,20-,21+,22+,23-,24+,25-,27+,28+,29-,30+,31-,32+/m1/s1. The van der Waals surface area contributed by atoms with E-state index >= 15 is 0 Å². The van der Waals surface area contributed by atoms with Gasteiger partial charge in [0.25, 0.3) is 0 Å². The third kappa shape index (κ3) is 4.69. The van der Waals surface area contributed by atoms with Gasteiger partial charge in [-0.25, -0.2) is 4.79 Å². The number of methoxy groups -OCH3 is 1. The molecule has 1 saturated heterocycles. The van der Waals surface area contributed by atoms with Crippen LogP contribution in [0.2, 0.25) is 0 Å². The third-order valence-corrected chi connectivity index (χ3v) is 12.5. The van der Waals surface area contributed by atoms with Gasteiger partial charge in [-0.15, -0.1) is 0 Å². The van der Waals surface area contributed by atoms with Crippen molar-refractivity contribution in [1.29, 1.82) is 0 Å². The molecule has 9 heteroatoms. The number of ether oxygens (including phenoxy) is 5. The molecule has 0 radical (unpaired) electrons. The number of aliphatic hydroxyl groups is 2. The molecule has 4 aliphatic carbocycles. The van der Waals surface area contributed by atoms with Gasteiger partial charge in [0, 0.05) is 44.3 Å². The van der Waals surface area contributed by atoms with Gasteiger partial charge in [-0.2, -0.15) is 0 Å². The van der Waals surface area contributed by atoms with Crippen LogP contribution < -0.4 is 0 Å². The van der Waals surface area contributed by atoms with Gasteiger partial charge < -0.3 is 33.9 Å². The Labute approximate surface area is 243 Å². The minimum atomic E-state index is -0.990. The minimum Gasteiger partial charge on any atom is -0.462 e. The first-order valence-corrected chi connectivity index (χ1v) is 15.7. The summed E-state index contributed by atoms with van der Waals surface area (Å²) in [5.74, 6) is 0.0175. The average molecular weight is 577 g/mol. The van der Waals surface area contributed by atoms with E-state index in [-0.39, 0.29) is 60.4 Å². The summed E-state index contributed by atoms with van der Waals surface area (Å²) in [6.45, 7) is 8.06. The van der Waals surface area contributed by atoms with Crippen LogP contribution in [-0.2, 0) is 33.3 Å². The Balaban J connectivity index is 1.19. The summed E-state index contributed by atoms with van der Waals surface area (Å²) in [5, 5.41) is 23.0. The van der Waals surface area contributed by atoms with E-state index in [4.69, 9.17) is 23.7 Å². The number of rotatable bonds is 5. The van der Waals surface area contributed by atoms with Gasteiger partial charge in [-0.05, 0) is 80.6 Å². The smallest absolute Gasteiger partial charge is 0.331 e. The van der Waals surface area contributed by atoms with Crippen molar-refractivity contribution in [1.82, 2.24) is 0 Å². The summed E-state index contributed by atoms with van der Waals surface area (Å²) >= 11 is 0. The molecule has 4 saturated carbocycles. The van der Waals surface area contributed by atoms with Crippen molar-refractivity contribution < 1.29 is 43.5 Å². The maximum atomic E-state index is 12.7. The molecule has 9 nitrogen and oxygen atoms in total. The summed E-state index contributed by atoms with van der Waals surface area (Å²) in [7, 11) is 1.62. The van der Waals surface area contributed by atoms with Gasteiger partial charge >= 0.3 is 11.9 Å². The summed E-state index contributed by atoms with van der Waals surface area (Å²) in [6.07, 6.45) is 7.14. The van der Waals surface area contributed by atoms with Crippen LogP contribution in [0.1, 0.15) is 85.5 Å². The number of cyclic esters (lactones) is 1. The van der Waals surface area contributed by atoms with Crippen LogP contribution in [0.5, 0.6) is 0 Å². The highest BCUT2D eigenvalue weighted by molar-refractivity contribution is 5.85. The van der Waals surface area contributed by atoms with Gasteiger partial charge in [-0.3, -0.25) is 4.79 Å². The topological polar surface area (TPSA) is 121 Å². The van der Waals surface area contributed by atoms with E-state index in [0.717, 1.165) is 50.5 Å². The maximum Gasteiger partial charge on any atom is 0.331 e. The fourth-order valence-corrected chi connectivity index (χ4v) is 10.4. The predicted molar refractivity (Wildman–Crippen MR) is 147 cm³/mol. The van der Waals surface area contributed by atoms with Crippen molar-refractivity contribution in [3.63, 3.8) is 0 Å². The molecule has 6 rings (SSSR count). The molecule has 230 valence electrons. The van der Waals surface area contributed by atoms with Crippen molar-refractivity contribution >= 4 is 11.9 Å². The van der Waals surface area contributed by atoms with Crippen molar-refractivity contribution in [2.45, 2.75) is 128 Å². The van der Waals surface area contributed by atoms with Crippen LogP contribution >= 0.6 is 0 Å². The van der Waals surface area contributed by atoms with Crippen LogP contribution in [0.15, 0.2) is 11.6 Å². The molecule has 0 bridgehead atoms. The second-order valence-corrected chi connectivity index (χ2v) is 14.3. The first kappa shape index (κ1) is 29.5. The highest BCUT2D eigenvalue weighted by Gasteiger charge is 2.71.